The summed E-state index contributed by atoms with van der Waals surface area (Å²) < 4.78 is 23.4. The number of hydrogen-bond acceptors (Lipinski definition) is 9. The Morgan fingerprint density at radius 1 is 0.860 bits per heavy atom. The number of aromatic amines is 1. The van der Waals surface area contributed by atoms with Gasteiger partial charge < -0.3 is 23.8 Å². The molecule has 3 heterocycles. The lowest BCUT2D eigenvalue weighted by atomic mass is 9.87. The van der Waals surface area contributed by atoms with Gasteiger partial charge in [-0.05, 0) is 50.3 Å². The van der Waals surface area contributed by atoms with Crippen molar-refractivity contribution in [1.29, 1.82) is 0 Å². The third-order valence-electron chi connectivity index (χ3n) is 9.14. The summed E-state index contributed by atoms with van der Waals surface area (Å²) in [6.45, 7) is 11.0. The Morgan fingerprint density at radius 3 is 2.37 bits per heavy atom. The van der Waals surface area contributed by atoms with E-state index in [-0.39, 0.29) is 5.60 Å². The molecule has 3 aliphatic rings. The average Bonchev–Trinajstić information content (AvgIpc) is 3.62. The van der Waals surface area contributed by atoms with Crippen LogP contribution in [-0.4, -0.2) is 103 Å². The van der Waals surface area contributed by atoms with Gasteiger partial charge in [0.15, 0.2) is 0 Å². The van der Waals surface area contributed by atoms with Gasteiger partial charge >= 0.3 is 0 Å². The van der Waals surface area contributed by atoms with E-state index in [2.05, 4.69) is 43.0 Å². The van der Waals surface area contributed by atoms with Gasteiger partial charge in [0.25, 0.3) is 0 Å². The fourth-order valence-corrected chi connectivity index (χ4v) is 6.13. The molecule has 1 aliphatic heterocycles. The molecule has 6 rings (SSSR count). The number of fused-ring (bicyclic) bond motifs is 1. The minimum atomic E-state index is -0.0228. The molecule has 0 atom stereocenters. The van der Waals surface area contributed by atoms with Crippen molar-refractivity contribution in [3.8, 4) is 17.1 Å². The number of nitrogens with zero attached hydrogens (tertiary/aromatic N) is 5. The molecular formula is C33H48N6O4. The van der Waals surface area contributed by atoms with Crippen molar-refractivity contribution in [1.82, 2.24) is 25.1 Å². The van der Waals surface area contributed by atoms with Crippen molar-refractivity contribution < 1.29 is 18.9 Å². The van der Waals surface area contributed by atoms with Gasteiger partial charge in [-0.3, -0.25) is 10.00 Å². The van der Waals surface area contributed by atoms with Gasteiger partial charge in [-0.15, -0.1) is 0 Å². The largest absolute Gasteiger partial charge is 0.488 e. The molecule has 2 aliphatic carbocycles. The van der Waals surface area contributed by atoms with Crippen molar-refractivity contribution >= 4 is 16.7 Å². The SMILES string of the molecule is CC1(Oc2ccc3[nH]nc(-c4cc(N5CCN(CCOCCOCCOCCC6CCCCC6)CC5)ncn4)c3c2)CC1. The zero-order valence-corrected chi connectivity index (χ0v) is 25.8. The van der Waals surface area contributed by atoms with Crippen LogP contribution in [0.15, 0.2) is 30.6 Å². The first kappa shape index (κ1) is 30.2. The van der Waals surface area contributed by atoms with Crippen LogP contribution < -0.4 is 9.64 Å². The molecule has 1 aromatic carbocycles. The summed E-state index contributed by atoms with van der Waals surface area (Å²) in [5.41, 5.74) is 2.59. The number of aromatic nitrogens is 4. The summed E-state index contributed by atoms with van der Waals surface area (Å²) >= 11 is 0. The number of nitrogens with one attached hydrogen (secondary N) is 1. The van der Waals surface area contributed by atoms with Crippen molar-refractivity contribution in [3.05, 3.63) is 30.6 Å². The smallest absolute Gasteiger partial charge is 0.132 e. The maximum absolute atomic E-state index is 6.19. The quantitative estimate of drug-likeness (QED) is 0.228. The van der Waals surface area contributed by atoms with E-state index in [4.69, 9.17) is 18.9 Å². The number of ether oxygens (including phenoxy) is 4. The Kier molecular flexibility index (Phi) is 10.4. The predicted octanol–water partition coefficient (Wildman–Crippen LogP) is 5.09. The summed E-state index contributed by atoms with van der Waals surface area (Å²) in [4.78, 5) is 13.9. The van der Waals surface area contributed by atoms with Gasteiger partial charge in [-0.2, -0.15) is 5.10 Å². The molecule has 43 heavy (non-hydrogen) atoms. The molecular weight excluding hydrogens is 544 g/mol. The lowest BCUT2D eigenvalue weighted by molar-refractivity contribution is 0.00779. The Morgan fingerprint density at radius 2 is 1.60 bits per heavy atom. The fraction of sp³-hybridized carbons (Fsp3) is 0.667. The summed E-state index contributed by atoms with van der Waals surface area (Å²) in [5.74, 6) is 2.69. The van der Waals surface area contributed by atoms with Crippen molar-refractivity contribution in [3.63, 3.8) is 0 Å². The van der Waals surface area contributed by atoms with Crippen LogP contribution in [0.5, 0.6) is 5.75 Å². The van der Waals surface area contributed by atoms with Crippen LogP contribution in [0.3, 0.4) is 0 Å². The van der Waals surface area contributed by atoms with E-state index >= 15 is 0 Å². The standard InChI is InChI=1S/C33H48N6O4/c1-33(10-11-33)43-27-7-8-29-28(23-27)32(37-36-29)30-24-31(35-25-34-30)39-14-12-38(13-15-39)16-18-41-20-22-42-21-19-40-17-9-26-5-3-2-4-6-26/h7-8,23-26H,2-6,9-22H2,1H3,(H,36,37). The molecule has 0 bridgehead atoms. The van der Waals surface area contributed by atoms with Crippen molar-refractivity contribution in [2.45, 2.75) is 63.9 Å². The Bertz CT molecular complexity index is 1280. The summed E-state index contributed by atoms with van der Waals surface area (Å²) in [7, 11) is 0. The van der Waals surface area contributed by atoms with Crippen molar-refractivity contribution in [2.75, 3.05) is 77.3 Å². The second kappa shape index (κ2) is 14.8. The molecule has 0 radical (unpaired) electrons. The van der Waals surface area contributed by atoms with E-state index < -0.39 is 0 Å². The highest BCUT2D eigenvalue weighted by Gasteiger charge is 2.40. The summed E-state index contributed by atoms with van der Waals surface area (Å²) in [6, 6.07) is 8.15. The first-order valence-electron chi connectivity index (χ1n) is 16.4. The molecule has 10 heteroatoms. The van der Waals surface area contributed by atoms with E-state index in [1.54, 1.807) is 6.33 Å². The summed E-state index contributed by atoms with van der Waals surface area (Å²) in [6.07, 6.45) is 12.0. The minimum absolute atomic E-state index is 0.0228. The number of H-pyrrole nitrogens is 1. The van der Waals surface area contributed by atoms with Crippen LogP contribution in [-0.2, 0) is 14.2 Å². The van der Waals surface area contributed by atoms with Crippen LogP contribution in [0, 0.1) is 5.92 Å². The zero-order chi connectivity index (χ0) is 29.3. The number of benzene rings is 1. The van der Waals surface area contributed by atoms with Crippen LogP contribution in [0.1, 0.15) is 58.3 Å². The average molecular weight is 593 g/mol. The van der Waals surface area contributed by atoms with Crippen molar-refractivity contribution in [2.24, 2.45) is 5.92 Å². The van der Waals surface area contributed by atoms with E-state index in [0.717, 1.165) is 98.6 Å². The van der Waals surface area contributed by atoms with E-state index in [1.807, 2.05) is 18.2 Å². The maximum Gasteiger partial charge on any atom is 0.132 e. The van der Waals surface area contributed by atoms with E-state index in [0.29, 0.717) is 26.4 Å². The lowest BCUT2D eigenvalue weighted by Gasteiger charge is -2.35. The second-order valence-electron chi connectivity index (χ2n) is 12.6. The summed E-state index contributed by atoms with van der Waals surface area (Å²) in [5, 5.41) is 8.74. The topological polar surface area (TPSA) is 97.9 Å². The van der Waals surface area contributed by atoms with Gasteiger partial charge in [-0.25, -0.2) is 9.97 Å². The number of anilines is 1. The van der Waals surface area contributed by atoms with Crippen LogP contribution in [0.4, 0.5) is 5.82 Å². The first-order valence-corrected chi connectivity index (χ1v) is 16.4. The van der Waals surface area contributed by atoms with E-state index in [9.17, 15) is 0 Å². The monoisotopic (exact) mass is 592 g/mol. The van der Waals surface area contributed by atoms with E-state index in [1.165, 1.54) is 38.5 Å². The highest BCUT2D eigenvalue weighted by molar-refractivity contribution is 5.93. The van der Waals surface area contributed by atoms with Gasteiger partial charge in [0.05, 0.1) is 44.2 Å². The molecule has 3 aromatic rings. The molecule has 1 saturated heterocycles. The fourth-order valence-electron chi connectivity index (χ4n) is 6.13. The maximum atomic E-state index is 6.19. The van der Waals surface area contributed by atoms with Gasteiger partial charge in [0.1, 0.15) is 29.2 Å². The molecule has 234 valence electrons. The molecule has 0 amide bonds. The number of rotatable bonds is 16. The Hall–Kier alpha value is -2.79. The lowest BCUT2D eigenvalue weighted by Crippen LogP contribution is -2.47. The van der Waals surface area contributed by atoms with Crippen LogP contribution in [0.25, 0.3) is 22.3 Å². The zero-order valence-electron chi connectivity index (χ0n) is 25.8. The van der Waals surface area contributed by atoms with Gasteiger partial charge in [-0.1, -0.05) is 32.1 Å². The third-order valence-corrected chi connectivity index (χ3v) is 9.14. The highest BCUT2D eigenvalue weighted by atomic mass is 16.5. The molecule has 3 fully saturated rings. The Balaban J connectivity index is 0.865. The minimum Gasteiger partial charge on any atom is -0.488 e. The first-order chi connectivity index (χ1) is 21.2. The predicted molar refractivity (Wildman–Crippen MR) is 168 cm³/mol. The molecule has 0 unspecified atom stereocenters. The molecule has 10 nitrogen and oxygen atoms in total. The third kappa shape index (κ3) is 8.65. The van der Waals surface area contributed by atoms with Gasteiger partial charge in [0.2, 0.25) is 0 Å². The molecule has 1 N–H and O–H groups in total. The van der Waals surface area contributed by atoms with Crippen LogP contribution in [0.2, 0.25) is 0 Å². The number of hydrogen-bond donors (Lipinski definition) is 1. The molecule has 2 aromatic heterocycles. The molecule has 0 spiro atoms. The molecule has 2 saturated carbocycles. The second-order valence-corrected chi connectivity index (χ2v) is 12.6. The normalized spacial score (nSPS) is 19.2. The number of piperazine rings is 1. The Labute approximate surface area is 255 Å². The van der Waals surface area contributed by atoms with Gasteiger partial charge in [0, 0.05) is 50.8 Å². The highest BCUT2D eigenvalue weighted by Crippen LogP contribution is 2.40. The van der Waals surface area contributed by atoms with Crippen LogP contribution >= 0.6 is 0 Å².